The Hall–Kier alpha value is -1.22. The van der Waals surface area contributed by atoms with E-state index in [-0.39, 0.29) is 0 Å². The maximum Gasteiger partial charge on any atom is 0.123 e. The first-order valence-electron chi connectivity index (χ1n) is 6.66. The van der Waals surface area contributed by atoms with E-state index in [9.17, 15) is 0 Å². The number of aryl methyl sites for hydroxylation is 1. The van der Waals surface area contributed by atoms with Gasteiger partial charge in [0, 0.05) is 12.3 Å². The highest BCUT2D eigenvalue weighted by Crippen LogP contribution is 2.30. The predicted molar refractivity (Wildman–Crippen MR) is 76.3 cm³/mol. The van der Waals surface area contributed by atoms with E-state index >= 15 is 0 Å². The van der Waals surface area contributed by atoms with Gasteiger partial charge in [0.1, 0.15) is 12.4 Å². The van der Waals surface area contributed by atoms with E-state index in [0.29, 0.717) is 19.1 Å². The topological polar surface area (TPSA) is 44.5 Å². The molecule has 0 unspecified atom stereocenters. The molecule has 0 bridgehead atoms. The van der Waals surface area contributed by atoms with Crippen LogP contribution < -0.4 is 10.5 Å². The van der Waals surface area contributed by atoms with Crippen molar-refractivity contribution in [3.63, 3.8) is 0 Å². The molecule has 0 amide bonds. The SMILES string of the molecule is CCCOCCOc1cc(C)c(N)cc1C(C)C. The quantitative estimate of drug-likeness (QED) is 0.596. The van der Waals surface area contributed by atoms with Crippen LogP contribution in [-0.4, -0.2) is 19.8 Å². The first kappa shape index (κ1) is 14.8. The van der Waals surface area contributed by atoms with Gasteiger partial charge in [0.2, 0.25) is 0 Å². The van der Waals surface area contributed by atoms with E-state index in [1.54, 1.807) is 0 Å². The van der Waals surface area contributed by atoms with Gasteiger partial charge in [0.15, 0.2) is 0 Å². The summed E-state index contributed by atoms with van der Waals surface area (Å²) in [6, 6.07) is 4.03. The Morgan fingerprint density at radius 3 is 2.50 bits per heavy atom. The molecule has 0 heterocycles. The molecule has 1 aromatic carbocycles. The number of anilines is 1. The molecule has 0 atom stereocenters. The highest BCUT2D eigenvalue weighted by Gasteiger charge is 2.10. The van der Waals surface area contributed by atoms with Gasteiger partial charge in [-0.15, -0.1) is 0 Å². The van der Waals surface area contributed by atoms with Crippen LogP contribution in [0.25, 0.3) is 0 Å². The lowest BCUT2D eigenvalue weighted by molar-refractivity contribution is 0.100. The van der Waals surface area contributed by atoms with Gasteiger partial charge in [-0.05, 0) is 42.5 Å². The maximum absolute atomic E-state index is 5.94. The molecule has 3 heteroatoms. The number of nitrogen functional groups attached to an aromatic ring is 1. The fraction of sp³-hybridized carbons (Fsp3) is 0.600. The van der Waals surface area contributed by atoms with Crippen molar-refractivity contribution < 1.29 is 9.47 Å². The molecule has 0 radical (unpaired) electrons. The van der Waals surface area contributed by atoms with Gasteiger partial charge in [-0.3, -0.25) is 0 Å². The number of benzene rings is 1. The largest absolute Gasteiger partial charge is 0.491 e. The lowest BCUT2D eigenvalue weighted by atomic mass is 9.99. The van der Waals surface area contributed by atoms with E-state index in [1.165, 1.54) is 0 Å². The molecule has 0 aliphatic rings. The molecule has 0 aliphatic carbocycles. The number of rotatable bonds is 7. The first-order chi connectivity index (χ1) is 8.56. The van der Waals surface area contributed by atoms with E-state index in [2.05, 4.69) is 20.8 Å². The van der Waals surface area contributed by atoms with Gasteiger partial charge >= 0.3 is 0 Å². The number of ether oxygens (including phenoxy) is 2. The molecule has 0 aromatic heterocycles. The standard InChI is InChI=1S/C15H25NO2/c1-5-6-17-7-8-18-15-9-12(4)14(16)10-13(15)11(2)3/h9-11H,5-8,16H2,1-4H3. The number of hydrogen-bond donors (Lipinski definition) is 1. The van der Waals surface area contributed by atoms with Crippen LogP contribution in [0.15, 0.2) is 12.1 Å². The van der Waals surface area contributed by atoms with Crippen LogP contribution in [0.3, 0.4) is 0 Å². The van der Waals surface area contributed by atoms with Gasteiger partial charge in [0.25, 0.3) is 0 Å². The summed E-state index contributed by atoms with van der Waals surface area (Å²) >= 11 is 0. The molecule has 1 aromatic rings. The minimum Gasteiger partial charge on any atom is -0.491 e. The minimum absolute atomic E-state index is 0.402. The van der Waals surface area contributed by atoms with Crippen LogP contribution in [0.2, 0.25) is 0 Å². The summed E-state index contributed by atoms with van der Waals surface area (Å²) < 4.78 is 11.2. The second kappa shape index (κ2) is 7.27. The van der Waals surface area contributed by atoms with Gasteiger partial charge < -0.3 is 15.2 Å². The minimum atomic E-state index is 0.402. The fourth-order valence-electron chi connectivity index (χ4n) is 1.75. The monoisotopic (exact) mass is 251 g/mol. The van der Waals surface area contributed by atoms with Gasteiger partial charge in [-0.1, -0.05) is 20.8 Å². The molecule has 0 saturated carbocycles. The van der Waals surface area contributed by atoms with Crippen LogP contribution >= 0.6 is 0 Å². The van der Waals surface area contributed by atoms with Crippen molar-refractivity contribution in [2.75, 3.05) is 25.6 Å². The Bertz CT molecular complexity index is 375. The zero-order chi connectivity index (χ0) is 13.5. The van der Waals surface area contributed by atoms with Crippen molar-refractivity contribution in [2.45, 2.75) is 40.0 Å². The van der Waals surface area contributed by atoms with Crippen LogP contribution in [-0.2, 0) is 4.74 Å². The van der Waals surface area contributed by atoms with E-state index in [1.807, 2.05) is 19.1 Å². The molecular weight excluding hydrogens is 226 g/mol. The van der Waals surface area contributed by atoms with Crippen LogP contribution in [0.1, 0.15) is 44.2 Å². The molecule has 102 valence electrons. The van der Waals surface area contributed by atoms with Crippen molar-refractivity contribution in [2.24, 2.45) is 0 Å². The average Bonchev–Trinajstić information content (AvgIpc) is 2.32. The Balaban J connectivity index is 2.65. The first-order valence-corrected chi connectivity index (χ1v) is 6.66. The smallest absolute Gasteiger partial charge is 0.123 e. The van der Waals surface area contributed by atoms with Gasteiger partial charge in [-0.25, -0.2) is 0 Å². The average molecular weight is 251 g/mol. The lowest BCUT2D eigenvalue weighted by Crippen LogP contribution is -2.09. The van der Waals surface area contributed by atoms with E-state index in [4.69, 9.17) is 15.2 Å². The molecule has 0 saturated heterocycles. The lowest BCUT2D eigenvalue weighted by Gasteiger charge is -2.16. The maximum atomic E-state index is 5.94. The molecule has 18 heavy (non-hydrogen) atoms. The second-order valence-corrected chi connectivity index (χ2v) is 4.86. The van der Waals surface area contributed by atoms with E-state index in [0.717, 1.165) is 35.6 Å². The Kier molecular flexibility index (Phi) is 5.99. The normalized spacial score (nSPS) is 10.9. The highest BCUT2D eigenvalue weighted by atomic mass is 16.5. The third kappa shape index (κ3) is 4.22. The Morgan fingerprint density at radius 2 is 1.89 bits per heavy atom. The van der Waals surface area contributed by atoms with Crippen molar-refractivity contribution in [3.05, 3.63) is 23.3 Å². The molecule has 3 nitrogen and oxygen atoms in total. The van der Waals surface area contributed by atoms with Crippen LogP contribution in [0.4, 0.5) is 5.69 Å². The summed E-state index contributed by atoms with van der Waals surface area (Å²) in [6.45, 7) is 10.4. The molecule has 0 fully saturated rings. The summed E-state index contributed by atoms with van der Waals surface area (Å²) in [5.74, 6) is 1.33. The Labute approximate surface area is 110 Å². The van der Waals surface area contributed by atoms with E-state index < -0.39 is 0 Å². The van der Waals surface area contributed by atoms with Gasteiger partial charge in [0.05, 0.1) is 6.61 Å². The molecule has 2 N–H and O–H groups in total. The summed E-state index contributed by atoms with van der Waals surface area (Å²) in [6.07, 6.45) is 1.04. The van der Waals surface area contributed by atoms with Crippen molar-refractivity contribution in [1.82, 2.24) is 0 Å². The Morgan fingerprint density at radius 1 is 1.17 bits per heavy atom. The third-order valence-electron chi connectivity index (χ3n) is 2.85. The molecule has 0 aliphatic heterocycles. The second-order valence-electron chi connectivity index (χ2n) is 4.86. The number of hydrogen-bond acceptors (Lipinski definition) is 3. The van der Waals surface area contributed by atoms with Crippen molar-refractivity contribution in [1.29, 1.82) is 0 Å². The zero-order valence-corrected chi connectivity index (χ0v) is 12.0. The molecule has 0 spiro atoms. The zero-order valence-electron chi connectivity index (χ0n) is 12.0. The summed E-state index contributed by atoms with van der Waals surface area (Å²) in [5, 5.41) is 0. The summed E-state index contributed by atoms with van der Waals surface area (Å²) in [4.78, 5) is 0. The molecule has 1 rings (SSSR count). The van der Waals surface area contributed by atoms with Crippen molar-refractivity contribution >= 4 is 5.69 Å². The van der Waals surface area contributed by atoms with Crippen molar-refractivity contribution in [3.8, 4) is 5.75 Å². The third-order valence-corrected chi connectivity index (χ3v) is 2.85. The highest BCUT2D eigenvalue weighted by molar-refractivity contribution is 5.55. The molecular formula is C15H25NO2. The number of nitrogens with two attached hydrogens (primary N) is 1. The predicted octanol–water partition coefficient (Wildman–Crippen LogP) is 3.51. The van der Waals surface area contributed by atoms with Crippen LogP contribution in [0.5, 0.6) is 5.75 Å². The summed E-state index contributed by atoms with van der Waals surface area (Å²) in [5.41, 5.74) is 8.99. The van der Waals surface area contributed by atoms with Gasteiger partial charge in [-0.2, -0.15) is 0 Å². The van der Waals surface area contributed by atoms with Crippen LogP contribution in [0, 0.1) is 6.92 Å². The summed E-state index contributed by atoms with van der Waals surface area (Å²) in [7, 11) is 0. The fourth-order valence-corrected chi connectivity index (χ4v) is 1.75.